The molecule has 0 aliphatic heterocycles. The van der Waals surface area contributed by atoms with E-state index in [0.29, 0.717) is 18.0 Å². The Morgan fingerprint density at radius 1 is 1.40 bits per heavy atom. The fourth-order valence-electron chi connectivity index (χ4n) is 2.39. The van der Waals surface area contributed by atoms with Crippen molar-refractivity contribution < 1.29 is 4.74 Å². The summed E-state index contributed by atoms with van der Waals surface area (Å²) in [6.07, 6.45) is 6.75. The zero-order valence-electron chi connectivity index (χ0n) is 11.8. The number of pyridine rings is 1. The Hall–Kier alpha value is -0.890. The lowest BCUT2D eigenvalue weighted by atomic mass is 9.87. The van der Waals surface area contributed by atoms with Crippen LogP contribution in [0.3, 0.4) is 0 Å². The molecule has 0 radical (unpaired) electrons. The van der Waals surface area contributed by atoms with Crippen molar-refractivity contribution in [2.75, 3.05) is 19.0 Å². The average Bonchev–Trinajstić information content (AvgIpc) is 2.47. The van der Waals surface area contributed by atoms with Gasteiger partial charge in [-0.3, -0.25) is 4.99 Å². The normalized spacial score (nSPS) is 22.9. The Bertz CT molecular complexity index is 405. The van der Waals surface area contributed by atoms with Crippen LogP contribution in [0.5, 0.6) is 0 Å². The summed E-state index contributed by atoms with van der Waals surface area (Å²) in [5, 5.41) is 2.99. The standard InChI is InChI=1S/C14H22N4O.HI/c1-19-12-7-5-11(6-8-12)10-17-14(15)18-13-4-2-3-9-16-13;/h2-4,9,11-12H,5-8,10H2,1H3,(H3,15,16,17,18);1H. The van der Waals surface area contributed by atoms with E-state index in [1.165, 1.54) is 12.8 Å². The van der Waals surface area contributed by atoms with Gasteiger partial charge in [-0.1, -0.05) is 6.07 Å². The number of nitrogens with two attached hydrogens (primary N) is 1. The van der Waals surface area contributed by atoms with Crippen LogP contribution in [0.15, 0.2) is 29.4 Å². The summed E-state index contributed by atoms with van der Waals surface area (Å²) in [6.45, 7) is 0.780. The lowest BCUT2D eigenvalue weighted by Gasteiger charge is -2.26. The van der Waals surface area contributed by atoms with Crippen LogP contribution < -0.4 is 11.1 Å². The third kappa shape index (κ3) is 5.62. The second-order valence-electron chi connectivity index (χ2n) is 4.94. The molecule has 112 valence electrons. The Morgan fingerprint density at radius 3 is 2.75 bits per heavy atom. The molecule has 1 fully saturated rings. The summed E-state index contributed by atoms with van der Waals surface area (Å²) >= 11 is 0. The Kier molecular flexibility index (Phi) is 7.83. The summed E-state index contributed by atoms with van der Waals surface area (Å²) in [7, 11) is 1.79. The van der Waals surface area contributed by atoms with Crippen LogP contribution >= 0.6 is 24.0 Å². The van der Waals surface area contributed by atoms with Gasteiger partial charge < -0.3 is 15.8 Å². The highest BCUT2D eigenvalue weighted by atomic mass is 127. The number of aromatic nitrogens is 1. The second-order valence-corrected chi connectivity index (χ2v) is 4.94. The summed E-state index contributed by atoms with van der Waals surface area (Å²) in [6, 6.07) is 5.65. The molecule has 1 heterocycles. The zero-order valence-corrected chi connectivity index (χ0v) is 14.1. The molecular formula is C14H23IN4O. The van der Waals surface area contributed by atoms with Gasteiger partial charge >= 0.3 is 0 Å². The molecule has 1 aliphatic carbocycles. The van der Waals surface area contributed by atoms with E-state index >= 15 is 0 Å². The monoisotopic (exact) mass is 390 g/mol. The van der Waals surface area contributed by atoms with Crippen LogP contribution in [0.2, 0.25) is 0 Å². The highest BCUT2D eigenvalue weighted by molar-refractivity contribution is 14.0. The first-order chi connectivity index (χ1) is 9.28. The Labute approximate surface area is 137 Å². The highest BCUT2D eigenvalue weighted by Crippen LogP contribution is 2.25. The van der Waals surface area contributed by atoms with Crippen molar-refractivity contribution in [3.63, 3.8) is 0 Å². The van der Waals surface area contributed by atoms with Crippen LogP contribution in [-0.4, -0.2) is 30.7 Å². The van der Waals surface area contributed by atoms with Gasteiger partial charge in [-0.25, -0.2) is 4.98 Å². The number of hydrogen-bond donors (Lipinski definition) is 2. The number of aliphatic imine (C=N–C) groups is 1. The summed E-state index contributed by atoms with van der Waals surface area (Å²) in [5.74, 6) is 1.79. The number of anilines is 1. The van der Waals surface area contributed by atoms with E-state index < -0.39 is 0 Å². The van der Waals surface area contributed by atoms with Crippen LogP contribution in [-0.2, 0) is 4.74 Å². The quantitative estimate of drug-likeness (QED) is 0.471. The topological polar surface area (TPSA) is 72.5 Å². The van der Waals surface area contributed by atoms with Crippen LogP contribution in [0.25, 0.3) is 0 Å². The van der Waals surface area contributed by atoms with Crippen LogP contribution in [0.4, 0.5) is 5.82 Å². The van der Waals surface area contributed by atoms with Gasteiger partial charge in [0.1, 0.15) is 5.82 Å². The van der Waals surface area contributed by atoms with E-state index in [9.17, 15) is 0 Å². The number of methoxy groups -OCH3 is 1. The van der Waals surface area contributed by atoms with Crippen molar-refractivity contribution in [2.45, 2.75) is 31.8 Å². The van der Waals surface area contributed by atoms with Crippen molar-refractivity contribution in [3.8, 4) is 0 Å². The lowest BCUT2D eigenvalue weighted by molar-refractivity contribution is 0.0581. The molecule has 0 saturated heterocycles. The van der Waals surface area contributed by atoms with Gasteiger partial charge in [-0.05, 0) is 43.7 Å². The van der Waals surface area contributed by atoms with Crippen LogP contribution in [0, 0.1) is 5.92 Å². The first-order valence-corrected chi connectivity index (χ1v) is 6.78. The van der Waals surface area contributed by atoms with Gasteiger partial charge in [-0.2, -0.15) is 0 Å². The second kappa shape index (κ2) is 9.12. The molecule has 20 heavy (non-hydrogen) atoms. The molecule has 2 rings (SSSR count). The van der Waals surface area contributed by atoms with Gasteiger partial charge in [0.05, 0.1) is 6.10 Å². The number of guanidine groups is 1. The van der Waals surface area contributed by atoms with Gasteiger partial charge in [0, 0.05) is 19.9 Å². The average molecular weight is 390 g/mol. The van der Waals surface area contributed by atoms with E-state index in [4.69, 9.17) is 10.5 Å². The predicted octanol–water partition coefficient (Wildman–Crippen LogP) is 2.63. The highest BCUT2D eigenvalue weighted by Gasteiger charge is 2.20. The van der Waals surface area contributed by atoms with Crippen molar-refractivity contribution >= 4 is 35.8 Å². The summed E-state index contributed by atoms with van der Waals surface area (Å²) < 4.78 is 5.36. The fraction of sp³-hybridized carbons (Fsp3) is 0.571. The van der Waals surface area contributed by atoms with Gasteiger partial charge in [0.25, 0.3) is 0 Å². The van der Waals surface area contributed by atoms with E-state index in [1.807, 2.05) is 18.2 Å². The van der Waals surface area contributed by atoms with E-state index in [2.05, 4.69) is 15.3 Å². The van der Waals surface area contributed by atoms with E-state index in [1.54, 1.807) is 13.3 Å². The molecule has 0 atom stereocenters. The number of nitrogens with zero attached hydrogens (tertiary/aromatic N) is 2. The van der Waals surface area contributed by atoms with E-state index in [-0.39, 0.29) is 24.0 Å². The van der Waals surface area contributed by atoms with Gasteiger partial charge in [0.15, 0.2) is 5.96 Å². The van der Waals surface area contributed by atoms with Gasteiger partial charge in [-0.15, -0.1) is 24.0 Å². The molecule has 0 unspecified atom stereocenters. The Balaban J connectivity index is 0.00000200. The molecule has 6 heteroatoms. The SMILES string of the molecule is COC1CCC(CN=C(N)Nc2ccccn2)CC1.I. The first-order valence-electron chi connectivity index (χ1n) is 6.78. The smallest absolute Gasteiger partial charge is 0.194 e. The van der Waals surface area contributed by atoms with Gasteiger partial charge in [0.2, 0.25) is 0 Å². The minimum absolute atomic E-state index is 0. The zero-order chi connectivity index (χ0) is 13.5. The first kappa shape index (κ1) is 17.2. The summed E-state index contributed by atoms with van der Waals surface area (Å²) in [5.41, 5.74) is 5.85. The van der Waals surface area contributed by atoms with Crippen LogP contribution in [0.1, 0.15) is 25.7 Å². The molecule has 1 saturated carbocycles. The third-order valence-corrected chi connectivity index (χ3v) is 3.57. The number of rotatable bonds is 4. The number of nitrogens with one attached hydrogen (secondary N) is 1. The molecule has 5 nitrogen and oxygen atoms in total. The number of hydrogen-bond acceptors (Lipinski definition) is 3. The molecular weight excluding hydrogens is 367 g/mol. The minimum Gasteiger partial charge on any atom is -0.381 e. The molecule has 0 aromatic carbocycles. The third-order valence-electron chi connectivity index (χ3n) is 3.57. The van der Waals surface area contributed by atoms with Crippen molar-refractivity contribution in [1.29, 1.82) is 0 Å². The molecule has 0 bridgehead atoms. The van der Waals surface area contributed by atoms with Crippen molar-refractivity contribution in [1.82, 2.24) is 4.98 Å². The van der Waals surface area contributed by atoms with Crippen molar-refractivity contribution in [2.24, 2.45) is 16.6 Å². The minimum atomic E-state index is 0. The number of ether oxygens (including phenoxy) is 1. The van der Waals surface area contributed by atoms with E-state index in [0.717, 1.165) is 25.2 Å². The molecule has 0 spiro atoms. The Morgan fingerprint density at radius 2 is 2.15 bits per heavy atom. The molecule has 1 aromatic heterocycles. The molecule has 0 amide bonds. The molecule has 1 aliphatic rings. The predicted molar refractivity (Wildman–Crippen MR) is 92.5 cm³/mol. The fourth-order valence-corrected chi connectivity index (χ4v) is 2.39. The maximum absolute atomic E-state index is 5.85. The summed E-state index contributed by atoms with van der Waals surface area (Å²) in [4.78, 5) is 8.54. The maximum Gasteiger partial charge on any atom is 0.194 e. The lowest BCUT2D eigenvalue weighted by Crippen LogP contribution is -2.26. The molecule has 3 N–H and O–H groups in total. The maximum atomic E-state index is 5.85. The molecule has 1 aromatic rings. The number of halogens is 1. The largest absolute Gasteiger partial charge is 0.381 e. The van der Waals surface area contributed by atoms with Crippen molar-refractivity contribution in [3.05, 3.63) is 24.4 Å².